The molecule has 1 aromatic heterocycles. The minimum atomic E-state index is -4.51. The van der Waals surface area contributed by atoms with Crippen LogP contribution < -0.4 is 20.7 Å². The number of fused-ring (bicyclic) bond motifs is 1. The lowest BCUT2D eigenvalue weighted by Crippen LogP contribution is -2.50. The van der Waals surface area contributed by atoms with Crippen LogP contribution in [0.4, 0.5) is 33.3 Å². The first-order valence-electron chi connectivity index (χ1n) is 15.2. The van der Waals surface area contributed by atoms with Crippen LogP contribution in [0, 0.1) is 17.7 Å². The van der Waals surface area contributed by atoms with Crippen LogP contribution in [0.2, 0.25) is 0 Å². The van der Waals surface area contributed by atoms with Gasteiger partial charge in [0, 0.05) is 47.0 Å². The van der Waals surface area contributed by atoms with Gasteiger partial charge in [-0.15, -0.1) is 11.3 Å². The highest BCUT2D eigenvalue weighted by Gasteiger charge is 2.33. The molecule has 3 atom stereocenters. The van der Waals surface area contributed by atoms with Gasteiger partial charge in [0.2, 0.25) is 0 Å². The Labute approximate surface area is 279 Å². The maximum atomic E-state index is 15.2. The van der Waals surface area contributed by atoms with Crippen molar-refractivity contribution in [3.05, 3.63) is 52.2 Å². The molecule has 3 aromatic rings. The summed E-state index contributed by atoms with van der Waals surface area (Å²) in [5.41, 5.74) is 0.501. The van der Waals surface area contributed by atoms with E-state index in [4.69, 9.17) is 14.2 Å². The second-order valence-electron chi connectivity index (χ2n) is 11.2. The summed E-state index contributed by atoms with van der Waals surface area (Å²) in [7, 11) is 4.33. The number of rotatable bonds is 14. The fourth-order valence-electron chi connectivity index (χ4n) is 5.42. The largest absolute Gasteiger partial charge is 0.489 e. The predicted molar refractivity (Wildman–Crippen MR) is 175 cm³/mol. The van der Waals surface area contributed by atoms with E-state index in [1.165, 1.54) is 27.3 Å². The van der Waals surface area contributed by atoms with Crippen LogP contribution in [0.15, 0.2) is 30.3 Å². The Morgan fingerprint density at radius 2 is 1.98 bits per heavy atom. The van der Waals surface area contributed by atoms with Gasteiger partial charge in [-0.05, 0) is 29.5 Å². The maximum Gasteiger partial charge on any atom is 0.393 e. The number of hydrogen-bond donors (Lipinski definition) is 4. The number of piperidine rings is 1. The Morgan fingerprint density at radius 3 is 2.67 bits per heavy atom. The third-order valence-electron chi connectivity index (χ3n) is 7.65. The van der Waals surface area contributed by atoms with Crippen molar-refractivity contribution in [2.24, 2.45) is 0 Å². The number of benzene rings is 2. The number of anilines is 2. The number of likely N-dealkylation sites (tertiary alicyclic amines) is 1. The average molecular weight is 699 g/mol. The van der Waals surface area contributed by atoms with E-state index in [0.717, 1.165) is 17.4 Å². The lowest BCUT2D eigenvalue weighted by Gasteiger charge is -2.36. The molecule has 2 aromatic carbocycles. The number of nitrogens with one attached hydrogen (secondary N) is 3. The molecule has 0 radical (unpaired) electrons. The maximum absolute atomic E-state index is 15.2. The summed E-state index contributed by atoms with van der Waals surface area (Å²) in [5, 5.41) is 18.9. The average Bonchev–Trinajstić information content (AvgIpc) is 3.37. The Kier molecular flexibility index (Phi) is 13.2. The van der Waals surface area contributed by atoms with Crippen LogP contribution in [0.1, 0.15) is 27.2 Å². The molecule has 0 bridgehead atoms. The van der Waals surface area contributed by atoms with E-state index in [-0.39, 0.29) is 66.9 Å². The number of halogens is 5. The molecule has 1 amide bonds. The zero-order chi connectivity index (χ0) is 34.8. The van der Waals surface area contributed by atoms with Crippen molar-refractivity contribution in [2.75, 3.05) is 77.9 Å². The normalized spacial score (nSPS) is 17.4. The van der Waals surface area contributed by atoms with Gasteiger partial charge in [0.25, 0.3) is 5.91 Å². The first kappa shape index (κ1) is 37.1. The Balaban J connectivity index is 1.55. The van der Waals surface area contributed by atoms with E-state index in [1.54, 1.807) is 18.2 Å². The number of aliphatic hydroxyl groups excluding tert-OH is 1. The fraction of sp³-hybridized carbons (Fsp3) is 0.485. The molecule has 9 nitrogen and oxygen atoms in total. The zero-order valence-electron chi connectivity index (χ0n) is 26.8. The molecule has 1 aliphatic rings. The first-order chi connectivity index (χ1) is 22.9. The fourth-order valence-corrected chi connectivity index (χ4v) is 6.59. The Morgan fingerprint density at radius 1 is 1.19 bits per heavy atom. The van der Waals surface area contributed by atoms with Gasteiger partial charge in [0.05, 0.1) is 64.8 Å². The highest BCUT2D eigenvalue weighted by Crippen LogP contribution is 2.39. The van der Waals surface area contributed by atoms with Crippen molar-refractivity contribution >= 4 is 38.7 Å². The second-order valence-corrected chi connectivity index (χ2v) is 12.2. The SMILES string of the molecule is CNC(=O)c1cc(OCCOC)c(NCC#Cc2sc3c(NC4CCN(CC(O)COC)CC4F)cccc3c2CC(F)(F)F)cc1F. The van der Waals surface area contributed by atoms with Crippen LogP contribution in [-0.2, 0) is 15.9 Å². The lowest BCUT2D eigenvalue weighted by atomic mass is 10.0. The topological polar surface area (TPSA) is 104 Å². The van der Waals surface area contributed by atoms with Gasteiger partial charge in [0.15, 0.2) is 0 Å². The molecule has 1 aliphatic heterocycles. The van der Waals surface area contributed by atoms with E-state index in [9.17, 15) is 27.5 Å². The molecule has 0 spiro atoms. The zero-order valence-corrected chi connectivity index (χ0v) is 27.6. The molecule has 262 valence electrons. The number of ether oxygens (including phenoxy) is 3. The highest BCUT2D eigenvalue weighted by molar-refractivity contribution is 7.20. The number of β-amino-alcohol motifs (C(OH)–C–C–N with tert-alkyl or cyclic N) is 1. The molecule has 3 unspecified atom stereocenters. The summed E-state index contributed by atoms with van der Waals surface area (Å²) >= 11 is 1.08. The van der Waals surface area contributed by atoms with Gasteiger partial charge in [-0.3, -0.25) is 9.69 Å². The van der Waals surface area contributed by atoms with E-state index in [2.05, 4.69) is 27.8 Å². The minimum absolute atomic E-state index is 0.0157. The number of aliphatic hydroxyl groups is 1. The number of carbonyl (C=O) groups is 1. The van der Waals surface area contributed by atoms with Gasteiger partial charge < -0.3 is 35.3 Å². The van der Waals surface area contributed by atoms with Crippen molar-refractivity contribution in [1.82, 2.24) is 10.2 Å². The monoisotopic (exact) mass is 698 g/mol. The molecule has 4 rings (SSSR count). The van der Waals surface area contributed by atoms with Gasteiger partial charge in [0.1, 0.15) is 24.3 Å². The predicted octanol–water partition coefficient (Wildman–Crippen LogP) is 4.83. The quantitative estimate of drug-likeness (QED) is 0.108. The molecule has 2 heterocycles. The van der Waals surface area contributed by atoms with E-state index in [0.29, 0.717) is 28.7 Å². The van der Waals surface area contributed by atoms with Crippen molar-refractivity contribution in [2.45, 2.75) is 37.3 Å². The standard InChI is InChI=1S/C33H39F5N4O5S/c1-39-32(44)22-14-29(47-13-12-45-2)28(15-24(22)34)40-10-5-8-30-23(16-33(36,37)38)21-6-4-7-27(31(21)48-30)41-26-9-11-42(18-25(26)35)17-20(43)19-46-3/h4,6-7,14-15,20,25-26,40-41,43H,9-13,16-19H2,1-3H3,(H,39,44). The van der Waals surface area contributed by atoms with Crippen molar-refractivity contribution < 1.29 is 46.1 Å². The van der Waals surface area contributed by atoms with E-state index < -0.39 is 42.6 Å². The molecular weight excluding hydrogens is 659 g/mol. The molecule has 48 heavy (non-hydrogen) atoms. The molecule has 0 aliphatic carbocycles. The third kappa shape index (κ3) is 9.93. The van der Waals surface area contributed by atoms with Crippen molar-refractivity contribution in [3.8, 4) is 17.6 Å². The summed E-state index contributed by atoms with van der Waals surface area (Å²) < 4.78 is 87.2. The number of carbonyl (C=O) groups excluding carboxylic acids is 1. The molecule has 0 saturated carbocycles. The molecule has 1 saturated heterocycles. The van der Waals surface area contributed by atoms with Gasteiger partial charge >= 0.3 is 6.18 Å². The number of hydrogen-bond acceptors (Lipinski definition) is 9. The highest BCUT2D eigenvalue weighted by atomic mass is 32.1. The van der Waals surface area contributed by atoms with Crippen molar-refractivity contribution in [1.29, 1.82) is 0 Å². The minimum Gasteiger partial charge on any atom is -0.489 e. The Bertz CT molecular complexity index is 1610. The van der Waals surface area contributed by atoms with Crippen LogP contribution >= 0.6 is 11.3 Å². The molecule has 4 N–H and O–H groups in total. The summed E-state index contributed by atoms with van der Waals surface area (Å²) in [4.78, 5) is 14.1. The van der Waals surface area contributed by atoms with Crippen LogP contribution in [0.25, 0.3) is 10.1 Å². The van der Waals surface area contributed by atoms with Gasteiger partial charge in [-0.1, -0.05) is 24.0 Å². The summed E-state index contributed by atoms with van der Waals surface area (Å²) in [6.07, 6.45) is -7.29. The summed E-state index contributed by atoms with van der Waals surface area (Å²) in [6, 6.07) is 6.69. The van der Waals surface area contributed by atoms with Crippen LogP contribution in [0.3, 0.4) is 0 Å². The number of amides is 1. The first-order valence-corrected chi connectivity index (χ1v) is 16.1. The number of methoxy groups -OCH3 is 2. The number of alkyl halides is 4. The van der Waals surface area contributed by atoms with E-state index in [1.807, 2.05) is 4.90 Å². The van der Waals surface area contributed by atoms with Crippen LogP contribution in [0.5, 0.6) is 5.75 Å². The molecule has 15 heteroatoms. The second kappa shape index (κ2) is 17.1. The summed E-state index contributed by atoms with van der Waals surface area (Å²) in [6.45, 7) is 1.32. The van der Waals surface area contributed by atoms with E-state index >= 15 is 4.39 Å². The van der Waals surface area contributed by atoms with Gasteiger partial charge in [-0.25, -0.2) is 8.78 Å². The molecule has 1 fully saturated rings. The number of nitrogens with zero attached hydrogens (tertiary/aromatic N) is 1. The van der Waals surface area contributed by atoms with Crippen LogP contribution in [-0.4, -0.2) is 108 Å². The van der Waals surface area contributed by atoms with Gasteiger partial charge in [-0.2, -0.15) is 13.2 Å². The summed E-state index contributed by atoms with van der Waals surface area (Å²) in [5.74, 6) is 4.39. The van der Waals surface area contributed by atoms with Crippen molar-refractivity contribution in [3.63, 3.8) is 0 Å². The number of thiophene rings is 1. The smallest absolute Gasteiger partial charge is 0.393 e. The Hall–Kier alpha value is -3.68. The lowest BCUT2D eigenvalue weighted by molar-refractivity contribution is -0.126. The third-order valence-corrected chi connectivity index (χ3v) is 8.84. The molecular formula is C33H39F5N4O5S.